The summed E-state index contributed by atoms with van der Waals surface area (Å²) >= 11 is 0. The Morgan fingerprint density at radius 1 is 1.33 bits per heavy atom. The molecule has 0 heterocycles. The third-order valence-electron chi connectivity index (χ3n) is 3.98. The number of primary amides is 1. The van der Waals surface area contributed by atoms with E-state index in [9.17, 15) is 14.7 Å². The molecule has 0 saturated heterocycles. The molecule has 5 heteroatoms. The number of ether oxygens (including phenoxy) is 1. The highest BCUT2D eigenvalue weighted by Gasteiger charge is 2.50. The second-order valence-corrected chi connectivity index (χ2v) is 5.10. The first-order chi connectivity index (χ1) is 10.0. The third-order valence-corrected chi connectivity index (χ3v) is 3.98. The number of nitrogens with two attached hydrogens (primary N) is 1. The monoisotopic (exact) mass is 289 g/mol. The van der Waals surface area contributed by atoms with Crippen LogP contribution in [-0.2, 0) is 15.0 Å². The Labute approximate surface area is 123 Å². The van der Waals surface area contributed by atoms with E-state index in [1.807, 2.05) is 13.0 Å². The van der Waals surface area contributed by atoms with Gasteiger partial charge in [-0.3, -0.25) is 9.59 Å². The number of hydrogen-bond acceptors (Lipinski definition) is 3. The minimum absolute atomic E-state index is 0.254. The number of carboxylic acids is 1. The molecule has 0 aliphatic heterocycles. The van der Waals surface area contributed by atoms with Crippen LogP contribution in [-0.4, -0.2) is 23.6 Å². The van der Waals surface area contributed by atoms with Crippen molar-refractivity contribution in [1.29, 1.82) is 0 Å². The summed E-state index contributed by atoms with van der Waals surface area (Å²) in [5, 5.41) is 9.76. The van der Waals surface area contributed by atoms with E-state index in [4.69, 9.17) is 10.5 Å². The van der Waals surface area contributed by atoms with Crippen molar-refractivity contribution < 1.29 is 19.4 Å². The van der Waals surface area contributed by atoms with Gasteiger partial charge in [-0.2, -0.15) is 0 Å². The van der Waals surface area contributed by atoms with E-state index in [0.29, 0.717) is 24.3 Å². The average Bonchev–Trinajstić information content (AvgIpc) is 2.48. The predicted molar refractivity (Wildman–Crippen MR) is 78.0 cm³/mol. The highest BCUT2D eigenvalue weighted by molar-refractivity contribution is 5.91. The van der Waals surface area contributed by atoms with Gasteiger partial charge in [-0.15, -0.1) is 0 Å². The molecule has 1 amide bonds. The molecule has 0 spiro atoms. The predicted octanol–water partition coefficient (Wildman–Crippen LogP) is 1.86. The minimum atomic E-state index is -1.30. The van der Waals surface area contributed by atoms with Crippen molar-refractivity contribution in [3.05, 3.63) is 42.0 Å². The van der Waals surface area contributed by atoms with Crippen LogP contribution in [0.1, 0.15) is 25.3 Å². The lowest BCUT2D eigenvalue weighted by molar-refractivity contribution is -0.149. The molecule has 1 aromatic rings. The van der Waals surface area contributed by atoms with Crippen molar-refractivity contribution in [2.45, 2.75) is 25.2 Å². The van der Waals surface area contributed by atoms with Gasteiger partial charge in [-0.25, -0.2) is 0 Å². The molecule has 0 saturated carbocycles. The lowest BCUT2D eigenvalue weighted by Crippen LogP contribution is -2.49. The maximum absolute atomic E-state index is 11.9. The first kappa shape index (κ1) is 15.1. The van der Waals surface area contributed by atoms with E-state index in [0.717, 1.165) is 0 Å². The number of carboxylic acid groups (broad SMARTS) is 1. The van der Waals surface area contributed by atoms with Gasteiger partial charge < -0.3 is 15.6 Å². The molecule has 5 nitrogen and oxygen atoms in total. The molecule has 21 heavy (non-hydrogen) atoms. The largest absolute Gasteiger partial charge is 0.494 e. The molecule has 2 atom stereocenters. The van der Waals surface area contributed by atoms with E-state index < -0.39 is 23.2 Å². The Bertz CT molecular complexity index is 564. The summed E-state index contributed by atoms with van der Waals surface area (Å²) in [6.45, 7) is 2.41. The number of aliphatic carboxylic acids is 1. The van der Waals surface area contributed by atoms with Crippen molar-refractivity contribution >= 4 is 11.9 Å². The quantitative estimate of drug-likeness (QED) is 0.810. The summed E-state index contributed by atoms with van der Waals surface area (Å²) in [7, 11) is 0. The Morgan fingerprint density at radius 3 is 2.52 bits per heavy atom. The van der Waals surface area contributed by atoms with Crippen LogP contribution in [0.3, 0.4) is 0 Å². The van der Waals surface area contributed by atoms with Gasteiger partial charge in [0, 0.05) is 0 Å². The molecule has 1 aliphatic carbocycles. The molecule has 0 bridgehead atoms. The van der Waals surface area contributed by atoms with Crippen LogP contribution in [0.15, 0.2) is 36.4 Å². The lowest BCUT2D eigenvalue weighted by atomic mass is 9.64. The summed E-state index contributed by atoms with van der Waals surface area (Å²) in [4.78, 5) is 23.6. The number of benzene rings is 1. The van der Waals surface area contributed by atoms with Crippen molar-refractivity contribution in [2.24, 2.45) is 11.7 Å². The van der Waals surface area contributed by atoms with E-state index in [1.54, 1.807) is 30.3 Å². The van der Waals surface area contributed by atoms with E-state index in [-0.39, 0.29) is 6.42 Å². The number of carbonyl (C=O) groups is 2. The van der Waals surface area contributed by atoms with Crippen LogP contribution in [0.25, 0.3) is 0 Å². The van der Waals surface area contributed by atoms with Gasteiger partial charge in [-0.1, -0.05) is 24.3 Å². The Hall–Kier alpha value is -2.30. The zero-order valence-electron chi connectivity index (χ0n) is 11.9. The second kappa shape index (κ2) is 5.99. The van der Waals surface area contributed by atoms with E-state index in [1.165, 1.54) is 0 Å². The fourth-order valence-electron chi connectivity index (χ4n) is 2.90. The molecule has 0 fully saturated rings. The molecule has 1 aliphatic rings. The fraction of sp³-hybridized carbons (Fsp3) is 0.375. The van der Waals surface area contributed by atoms with Gasteiger partial charge in [0.05, 0.1) is 12.5 Å². The smallest absolute Gasteiger partial charge is 0.315 e. The first-order valence-corrected chi connectivity index (χ1v) is 6.93. The van der Waals surface area contributed by atoms with E-state index in [2.05, 4.69) is 0 Å². The molecule has 1 aromatic carbocycles. The number of allylic oxidation sites excluding steroid dienone is 2. The van der Waals surface area contributed by atoms with Crippen LogP contribution < -0.4 is 10.5 Å². The molecule has 112 valence electrons. The summed E-state index contributed by atoms with van der Waals surface area (Å²) in [6, 6.07) is 6.85. The highest BCUT2D eigenvalue weighted by Crippen LogP contribution is 2.42. The van der Waals surface area contributed by atoms with E-state index >= 15 is 0 Å². The van der Waals surface area contributed by atoms with Crippen molar-refractivity contribution in [3.63, 3.8) is 0 Å². The van der Waals surface area contributed by atoms with Crippen LogP contribution in [0, 0.1) is 5.92 Å². The zero-order chi connectivity index (χ0) is 15.5. The fourth-order valence-corrected chi connectivity index (χ4v) is 2.90. The van der Waals surface area contributed by atoms with Crippen molar-refractivity contribution in [2.75, 3.05) is 6.61 Å². The SMILES string of the molecule is CCOc1ccc(C2(C(=O)O)CC=CCC2C(N)=O)cc1. The lowest BCUT2D eigenvalue weighted by Gasteiger charge is -2.37. The van der Waals surface area contributed by atoms with Gasteiger partial charge in [0.1, 0.15) is 11.2 Å². The summed E-state index contributed by atoms with van der Waals surface area (Å²) in [6.07, 6.45) is 4.20. The summed E-state index contributed by atoms with van der Waals surface area (Å²) < 4.78 is 5.36. The molecule has 2 rings (SSSR count). The Kier molecular flexibility index (Phi) is 4.31. The van der Waals surface area contributed by atoms with Gasteiger partial charge in [0.2, 0.25) is 5.91 Å². The molecule has 2 unspecified atom stereocenters. The van der Waals surface area contributed by atoms with Gasteiger partial charge in [0.15, 0.2) is 0 Å². The van der Waals surface area contributed by atoms with Gasteiger partial charge in [-0.05, 0) is 37.5 Å². The van der Waals surface area contributed by atoms with Crippen molar-refractivity contribution in [3.8, 4) is 5.75 Å². The van der Waals surface area contributed by atoms with Gasteiger partial charge in [0.25, 0.3) is 0 Å². The third kappa shape index (κ3) is 2.63. The van der Waals surface area contributed by atoms with Crippen molar-refractivity contribution in [1.82, 2.24) is 0 Å². The van der Waals surface area contributed by atoms with Crippen LogP contribution in [0.4, 0.5) is 0 Å². The second-order valence-electron chi connectivity index (χ2n) is 5.10. The first-order valence-electron chi connectivity index (χ1n) is 6.93. The number of hydrogen-bond donors (Lipinski definition) is 2. The normalized spacial score (nSPS) is 24.5. The molecular weight excluding hydrogens is 270 g/mol. The Balaban J connectivity index is 2.48. The maximum Gasteiger partial charge on any atom is 0.315 e. The highest BCUT2D eigenvalue weighted by atomic mass is 16.5. The van der Waals surface area contributed by atoms with Crippen LogP contribution in [0.5, 0.6) is 5.75 Å². The maximum atomic E-state index is 11.9. The Morgan fingerprint density at radius 2 is 2.00 bits per heavy atom. The topological polar surface area (TPSA) is 89.6 Å². The van der Waals surface area contributed by atoms with Gasteiger partial charge >= 0.3 is 5.97 Å². The molecule has 0 radical (unpaired) electrons. The number of carbonyl (C=O) groups excluding carboxylic acids is 1. The molecular formula is C16H19NO4. The standard InChI is InChI=1S/C16H19NO4/c1-2-21-12-8-6-11(7-9-12)16(15(19)20)10-4-3-5-13(16)14(17)18/h3-4,6-9,13H,2,5,10H2,1H3,(H2,17,18)(H,19,20). The summed E-state index contributed by atoms with van der Waals surface area (Å²) in [5.74, 6) is -1.70. The summed E-state index contributed by atoms with van der Waals surface area (Å²) in [5.41, 5.74) is 4.71. The average molecular weight is 289 g/mol. The zero-order valence-corrected chi connectivity index (χ0v) is 11.9. The van der Waals surface area contributed by atoms with Crippen LogP contribution in [0.2, 0.25) is 0 Å². The number of amides is 1. The molecule has 3 N–H and O–H groups in total. The van der Waals surface area contributed by atoms with Crippen LogP contribution >= 0.6 is 0 Å². The molecule has 0 aromatic heterocycles. The number of rotatable bonds is 5. The minimum Gasteiger partial charge on any atom is -0.494 e.